The van der Waals surface area contributed by atoms with Crippen molar-refractivity contribution in [1.29, 1.82) is 0 Å². The lowest BCUT2D eigenvalue weighted by Gasteiger charge is -2.19. The van der Waals surface area contributed by atoms with Gasteiger partial charge in [-0.05, 0) is 60.3 Å². The number of pyridine rings is 1. The highest BCUT2D eigenvalue weighted by atomic mass is 16.5. The first-order valence-corrected chi connectivity index (χ1v) is 14.9. The van der Waals surface area contributed by atoms with Crippen LogP contribution in [0.5, 0.6) is 11.5 Å². The van der Waals surface area contributed by atoms with E-state index in [0.717, 1.165) is 68.4 Å². The van der Waals surface area contributed by atoms with E-state index < -0.39 is 18.2 Å². The first kappa shape index (κ1) is 31.6. The minimum atomic E-state index is -1.07. The molecule has 0 aliphatic rings. The number of carboxylic acid groups (broad SMARTS) is 1. The number of aromatic hydroxyl groups is 1. The van der Waals surface area contributed by atoms with Crippen molar-refractivity contribution in [3.8, 4) is 11.5 Å². The quantitative estimate of drug-likeness (QED) is 0.0829. The van der Waals surface area contributed by atoms with Gasteiger partial charge in [0.15, 0.2) is 0 Å². The number of amides is 1. The summed E-state index contributed by atoms with van der Waals surface area (Å²) in [5.74, 6) is 0.718. The van der Waals surface area contributed by atoms with Crippen LogP contribution in [-0.4, -0.2) is 46.1 Å². The van der Waals surface area contributed by atoms with Crippen LogP contribution in [0.15, 0.2) is 83.7 Å². The Balaban J connectivity index is 1.07. The van der Waals surface area contributed by atoms with Gasteiger partial charge in [-0.15, -0.1) is 0 Å². The standard InChI is InChI=1S/C34H41N3O6/c38-29-18-16-27(28-17-19-31(40)36-33(28)29)30(39)23-35-20-9-4-2-1-3-5-10-21-43-26-15-11-14-25(22-26)32(37-34(41)42)24-12-7-6-8-13-24/h6-8,11-19,22,30,32,35,37-39H,1-5,9-10,20-21,23H2,(H,36,40)(H,41,42). The Labute approximate surface area is 251 Å². The number of fused-ring (bicyclic) bond motifs is 1. The lowest BCUT2D eigenvalue weighted by Crippen LogP contribution is -2.27. The van der Waals surface area contributed by atoms with Gasteiger partial charge in [0.05, 0.1) is 24.3 Å². The number of unbranched alkanes of at least 4 members (excludes halogenated alkanes) is 6. The van der Waals surface area contributed by atoms with Gasteiger partial charge in [-0.3, -0.25) is 4.79 Å². The van der Waals surface area contributed by atoms with Crippen molar-refractivity contribution < 1.29 is 24.9 Å². The number of benzene rings is 3. The Morgan fingerprint density at radius 3 is 2.33 bits per heavy atom. The summed E-state index contributed by atoms with van der Waals surface area (Å²) in [6, 6.07) is 22.8. The summed E-state index contributed by atoms with van der Waals surface area (Å²) in [5, 5.41) is 36.5. The molecule has 1 aromatic heterocycles. The van der Waals surface area contributed by atoms with Crippen molar-refractivity contribution in [1.82, 2.24) is 15.6 Å². The third-order valence-electron chi connectivity index (χ3n) is 7.46. The molecule has 228 valence electrons. The molecule has 0 aliphatic heterocycles. The maximum atomic E-state index is 11.6. The summed E-state index contributed by atoms with van der Waals surface area (Å²) in [7, 11) is 0. The second-order valence-corrected chi connectivity index (χ2v) is 10.7. The molecular formula is C34H41N3O6. The van der Waals surface area contributed by atoms with Crippen LogP contribution in [-0.2, 0) is 0 Å². The zero-order valence-electron chi connectivity index (χ0n) is 24.3. The summed E-state index contributed by atoms with van der Waals surface area (Å²) in [4.78, 5) is 25.6. The van der Waals surface area contributed by atoms with Gasteiger partial charge in [-0.25, -0.2) is 4.79 Å². The Morgan fingerprint density at radius 2 is 1.56 bits per heavy atom. The first-order chi connectivity index (χ1) is 20.9. The minimum absolute atomic E-state index is 0.0149. The number of carbonyl (C=O) groups is 1. The van der Waals surface area contributed by atoms with Crippen LogP contribution in [0.3, 0.4) is 0 Å². The minimum Gasteiger partial charge on any atom is -0.506 e. The topological polar surface area (TPSA) is 144 Å². The third kappa shape index (κ3) is 9.59. The van der Waals surface area contributed by atoms with E-state index in [9.17, 15) is 24.9 Å². The number of hydrogen-bond acceptors (Lipinski definition) is 6. The fraction of sp³-hybridized carbons (Fsp3) is 0.353. The summed E-state index contributed by atoms with van der Waals surface area (Å²) in [6.07, 6.45) is 5.82. The van der Waals surface area contributed by atoms with E-state index >= 15 is 0 Å². The van der Waals surface area contributed by atoms with Gasteiger partial charge in [-0.2, -0.15) is 0 Å². The maximum Gasteiger partial charge on any atom is 0.405 e. The summed E-state index contributed by atoms with van der Waals surface area (Å²) < 4.78 is 5.96. The van der Waals surface area contributed by atoms with Crippen molar-refractivity contribution in [2.45, 2.75) is 57.1 Å². The molecule has 2 atom stereocenters. The molecule has 1 heterocycles. The lowest BCUT2D eigenvalue weighted by molar-refractivity contribution is 0.176. The predicted octanol–water partition coefficient (Wildman–Crippen LogP) is 6.02. The van der Waals surface area contributed by atoms with Crippen molar-refractivity contribution >= 4 is 17.0 Å². The molecule has 4 rings (SSSR count). The molecule has 0 bridgehead atoms. The van der Waals surface area contributed by atoms with Gasteiger partial charge < -0.3 is 35.7 Å². The maximum absolute atomic E-state index is 11.6. The van der Waals surface area contributed by atoms with Gasteiger partial charge >= 0.3 is 6.09 Å². The van der Waals surface area contributed by atoms with Crippen LogP contribution in [0.4, 0.5) is 4.79 Å². The SMILES string of the molecule is O=C(O)NC(c1ccccc1)c1cccc(OCCCCCCCCCNCC(O)c2ccc(O)c3[nH]c(=O)ccc23)c1. The molecule has 43 heavy (non-hydrogen) atoms. The smallest absolute Gasteiger partial charge is 0.405 e. The zero-order valence-corrected chi connectivity index (χ0v) is 24.3. The van der Waals surface area contributed by atoms with Gasteiger partial charge in [0.2, 0.25) is 5.56 Å². The Hall–Kier alpha value is -4.34. The largest absolute Gasteiger partial charge is 0.506 e. The second kappa shape index (κ2) is 16.3. The molecule has 0 radical (unpaired) electrons. The average Bonchev–Trinajstić information content (AvgIpc) is 3.01. The van der Waals surface area contributed by atoms with Gasteiger partial charge in [0.25, 0.3) is 0 Å². The van der Waals surface area contributed by atoms with Crippen LogP contribution < -0.4 is 20.9 Å². The molecule has 0 aliphatic carbocycles. The lowest BCUT2D eigenvalue weighted by atomic mass is 9.98. The normalized spacial score (nSPS) is 12.6. The van der Waals surface area contributed by atoms with Gasteiger partial charge in [0, 0.05) is 18.0 Å². The van der Waals surface area contributed by atoms with Crippen LogP contribution in [0, 0.1) is 0 Å². The van der Waals surface area contributed by atoms with Crippen molar-refractivity contribution in [2.24, 2.45) is 0 Å². The van der Waals surface area contributed by atoms with Gasteiger partial charge in [0.1, 0.15) is 11.5 Å². The fourth-order valence-corrected chi connectivity index (χ4v) is 5.24. The molecule has 6 N–H and O–H groups in total. The molecular weight excluding hydrogens is 546 g/mol. The van der Waals surface area contributed by atoms with E-state index in [-0.39, 0.29) is 11.3 Å². The molecule has 0 saturated heterocycles. The number of aliphatic hydroxyl groups is 1. The summed E-state index contributed by atoms with van der Waals surface area (Å²) >= 11 is 0. The first-order valence-electron chi connectivity index (χ1n) is 14.9. The third-order valence-corrected chi connectivity index (χ3v) is 7.46. The monoisotopic (exact) mass is 587 g/mol. The number of aliphatic hydroxyl groups excluding tert-OH is 1. The number of hydrogen-bond donors (Lipinski definition) is 6. The number of aromatic nitrogens is 1. The van der Waals surface area contributed by atoms with Crippen molar-refractivity contribution in [3.63, 3.8) is 0 Å². The Kier molecular flexibility index (Phi) is 12.0. The van der Waals surface area contributed by atoms with E-state index in [1.54, 1.807) is 12.1 Å². The molecule has 0 spiro atoms. The van der Waals surface area contributed by atoms with E-state index in [1.807, 2.05) is 54.6 Å². The van der Waals surface area contributed by atoms with Gasteiger partial charge in [-0.1, -0.05) is 80.6 Å². The Bertz CT molecular complexity index is 1510. The fourth-order valence-electron chi connectivity index (χ4n) is 5.24. The molecule has 1 amide bonds. The predicted molar refractivity (Wildman–Crippen MR) is 168 cm³/mol. The second-order valence-electron chi connectivity index (χ2n) is 10.7. The highest BCUT2D eigenvalue weighted by Crippen LogP contribution is 2.29. The van der Waals surface area contributed by atoms with E-state index in [0.29, 0.717) is 29.6 Å². The number of phenols is 1. The summed E-state index contributed by atoms with van der Waals surface area (Å²) in [6.45, 7) is 1.82. The van der Waals surface area contributed by atoms with Crippen LogP contribution in [0.1, 0.15) is 73.8 Å². The molecule has 4 aromatic rings. The molecule has 9 heteroatoms. The number of aromatic amines is 1. The van der Waals surface area contributed by atoms with Crippen molar-refractivity contribution in [2.75, 3.05) is 19.7 Å². The highest BCUT2D eigenvalue weighted by Gasteiger charge is 2.17. The molecule has 2 unspecified atom stereocenters. The van der Waals surface area contributed by atoms with Crippen LogP contribution in [0.2, 0.25) is 0 Å². The number of rotatable bonds is 17. The summed E-state index contributed by atoms with van der Waals surface area (Å²) in [5.41, 5.74) is 2.42. The molecule has 0 fully saturated rings. The van der Waals surface area contributed by atoms with Crippen LogP contribution in [0.25, 0.3) is 10.9 Å². The highest BCUT2D eigenvalue weighted by molar-refractivity contribution is 5.87. The van der Waals surface area contributed by atoms with E-state index in [4.69, 9.17) is 4.74 Å². The number of H-pyrrole nitrogens is 1. The molecule has 3 aromatic carbocycles. The van der Waals surface area contributed by atoms with E-state index in [1.165, 1.54) is 12.1 Å². The van der Waals surface area contributed by atoms with E-state index in [2.05, 4.69) is 15.6 Å². The molecule has 9 nitrogen and oxygen atoms in total. The number of nitrogens with one attached hydrogen (secondary N) is 3. The average molecular weight is 588 g/mol. The number of phenolic OH excluding ortho intramolecular Hbond substituents is 1. The zero-order chi connectivity index (χ0) is 30.4. The molecule has 0 saturated carbocycles. The van der Waals surface area contributed by atoms with Crippen molar-refractivity contribution in [3.05, 3.63) is 106 Å². The van der Waals surface area contributed by atoms with Crippen LogP contribution >= 0.6 is 0 Å². The Morgan fingerprint density at radius 1 is 0.837 bits per heavy atom. The number of ether oxygens (including phenoxy) is 1.